The Balaban J connectivity index is 2.12. The Morgan fingerprint density at radius 3 is 2.64 bits per heavy atom. The molecule has 8 heteroatoms. The van der Waals surface area contributed by atoms with E-state index < -0.39 is 0 Å². The van der Waals surface area contributed by atoms with Gasteiger partial charge in [0.15, 0.2) is 5.82 Å². The number of aromatic nitrogens is 4. The van der Waals surface area contributed by atoms with E-state index in [1.54, 1.807) is 10.7 Å². The number of nitrogens with zero attached hydrogens (tertiary/aromatic N) is 5. The van der Waals surface area contributed by atoms with Crippen molar-refractivity contribution in [2.24, 2.45) is 0 Å². The smallest absolute Gasteiger partial charge is 0.165 e. The van der Waals surface area contributed by atoms with Gasteiger partial charge in [-0.1, -0.05) is 29.3 Å². The third kappa shape index (κ3) is 4.39. The number of aliphatic hydroxyl groups is 1. The monoisotopic (exact) mass is 343 g/mol. The number of rotatable bonds is 7. The summed E-state index contributed by atoms with van der Waals surface area (Å²) < 4.78 is 1.78. The summed E-state index contributed by atoms with van der Waals surface area (Å²) in [5.41, 5.74) is 1.02. The van der Waals surface area contributed by atoms with Gasteiger partial charge in [0.2, 0.25) is 0 Å². The minimum Gasteiger partial charge on any atom is -0.395 e. The van der Waals surface area contributed by atoms with Gasteiger partial charge in [-0.2, -0.15) is 0 Å². The Labute approximate surface area is 139 Å². The van der Waals surface area contributed by atoms with Gasteiger partial charge in [-0.25, -0.2) is 4.68 Å². The first-order chi connectivity index (χ1) is 10.5. The van der Waals surface area contributed by atoms with Crippen LogP contribution in [0.15, 0.2) is 18.2 Å². The average Bonchev–Trinajstić information content (AvgIpc) is 2.91. The fourth-order valence-corrected chi connectivity index (χ4v) is 2.49. The zero-order valence-electron chi connectivity index (χ0n) is 12.6. The van der Waals surface area contributed by atoms with Crippen LogP contribution in [0.2, 0.25) is 10.0 Å². The summed E-state index contributed by atoms with van der Waals surface area (Å²) in [6, 6.07) is 5.71. The van der Waals surface area contributed by atoms with Crippen molar-refractivity contribution >= 4 is 23.2 Å². The van der Waals surface area contributed by atoms with Crippen LogP contribution in [0.3, 0.4) is 0 Å². The zero-order chi connectivity index (χ0) is 16.1. The van der Waals surface area contributed by atoms with Crippen LogP contribution in [0, 0.1) is 0 Å². The minimum atomic E-state index is 0.0601. The molecule has 2 aromatic rings. The summed E-state index contributed by atoms with van der Waals surface area (Å²) in [6.45, 7) is 5.80. The fraction of sp³-hybridized carbons (Fsp3) is 0.500. The molecule has 0 bridgehead atoms. The van der Waals surface area contributed by atoms with Crippen LogP contribution in [-0.2, 0) is 13.1 Å². The van der Waals surface area contributed by atoms with Crippen molar-refractivity contribution in [1.29, 1.82) is 0 Å². The maximum atomic E-state index is 9.27. The zero-order valence-corrected chi connectivity index (χ0v) is 14.1. The molecule has 1 aromatic carbocycles. The van der Waals surface area contributed by atoms with E-state index in [0.717, 1.165) is 11.4 Å². The number of halogens is 2. The first-order valence-electron chi connectivity index (χ1n) is 7.05. The van der Waals surface area contributed by atoms with Gasteiger partial charge in [0.1, 0.15) is 0 Å². The van der Waals surface area contributed by atoms with Gasteiger partial charge in [-0.3, -0.25) is 4.90 Å². The Morgan fingerprint density at radius 2 is 2.00 bits per heavy atom. The van der Waals surface area contributed by atoms with Crippen LogP contribution in [-0.4, -0.2) is 43.4 Å². The maximum Gasteiger partial charge on any atom is 0.165 e. The first-order valence-corrected chi connectivity index (χ1v) is 7.80. The molecule has 0 saturated carbocycles. The quantitative estimate of drug-likeness (QED) is 0.836. The lowest BCUT2D eigenvalue weighted by molar-refractivity contribution is 0.178. The Morgan fingerprint density at radius 1 is 1.23 bits per heavy atom. The molecule has 0 amide bonds. The molecule has 0 fully saturated rings. The standard InChI is InChI=1S/C14H19Cl2N5O/c1-10(2)21-14(17-18-19-21)9-20(5-6-22)8-11-3-4-12(15)13(16)7-11/h3-4,7,10,22H,5-6,8-9H2,1-2H3. The summed E-state index contributed by atoms with van der Waals surface area (Å²) in [6.07, 6.45) is 0. The van der Waals surface area contributed by atoms with E-state index in [1.165, 1.54) is 0 Å². The van der Waals surface area contributed by atoms with Gasteiger partial charge in [0, 0.05) is 13.1 Å². The molecule has 120 valence electrons. The van der Waals surface area contributed by atoms with Crippen molar-refractivity contribution in [2.75, 3.05) is 13.2 Å². The van der Waals surface area contributed by atoms with E-state index in [0.29, 0.717) is 29.7 Å². The molecule has 0 aliphatic carbocycles. The molecular weight excluding hydrogens is 325 g/mol. The molecule has 6 nitrogen and oxygen atoms in total. The number of hydrogen-bond donors (Lipinski definition) is 1. The Hall–Kier alpha value is -1.21. The molecule has 0 atom stereocenters. The minimum absolute atomic E-state index is 0.0601. The van der Waals surface area contributed by atoms with Crippen molar-refractivity contribution in [2.45, 2.75) is 33.0 Å². The van der Waals surface area contributed by atoms with E-state index >= 15 is 0 Å². The average molecular weight is 344 g/mol. The van der Waals surface area contributed by atoms with E-state index in [2.05, 4.69) is 20.4 Å². The van der Waals surface area contributed by atoms with Gasteiger partial charge in [-0.05, 0) is 42.0 Å². The second-order valence-corrected chi connectivity index (χ2v) is 6.13. The van der Waals surface area contributed by atoms with Crippen LogP contribution in [0.1, 0.15) is 31.3 Å². The lowest BCUT2D eigenvalue weighted by Crippen LogP contribution is -2.28. The predicted octanol–water partition coefficient (Wildman–Crippen LogP) is 2.56. The van der Waals surface area contributed by atoms with Crippen molar-refractivity contribution in [3.8, 4) is 0 Å². The van der Waals surface area contributed by atoms with Crippen molar-refractivity contribution in [3.05, 3.63) is 39.6 Å². The normalized spacial score (nSPS) is 11.6. The van der Waals surface area contributed by atoms with Crippen molar-refractivity contribution in [1.82, 2.24) is 25.1 Å². The molecule has 1 N–H and O–H groups in total. The largest absolute Gasteiger partial charge is 0.395 e. The topological polar surface area (TPSA) is 67.1 Å². The van der Waals surface area contributed by atoms with Gasteiger partial charge in [-0.15, -0.1) is 5.10 Å². The number of hydrogen-bond acceptors (Lipinski definition) is 5. The van der Waals surface area contributed by atoms with Gasteiger partial charge >= 0.3 is 0 Å². The lowest BCUT2D eigenvalue weighted by Gasteiger charge is -2.21. The highest BCUT2D eigenvalue weighted by molar-refractivity contribution is 6.42. The maximum absolute atomic E-state index is 9.27. The third-order valence-electron chi connectivity index (χ3n) is 3.22. The van der Waals surface area contributed by atoms with Crippen LogP contribution in [0.5, 0.6) is 0 Å². The Kier molecular flexibility index (Phi) is 6.14. The molecule has 0 saturated heterocycles. The molecule has 1 aromatic heterocycles. The van der Waals surface area contributed by atoms with E-state index in [9.17, 15) is 5.11 Å². The molecule has 0 aliphatic heterocycles. The number of tetrazole rings is 1. The highest BCUT2D eigenvalue weighted by Crippen LogP contribution is 2.23. The molecule has 0 unspecified atom stereocenters. The summed E-state index contributed by atoms with van der Waals surface area (Å²) >= 11 is 12.0. The van der Waals surface area contributed by atoms with Crippen LogP contribution >= 0.6 is 23.2 Å². The highest BCUT2D eigenvalue weighted by Gasteiger charge is 2.14. The first kappa shape index (κ1) is 17.1. The second kappa shape index (κ2) is 7.87. The SMILES string of the molecule is CC(C)n1nnnc1CN(CCO)Cc1ccc(Cl)c(Cl)c1. The molecule has 0 radical (unpaired) electrons. The van der Waals surface area contributed by atoms with E-state index in [4.69, 9.17) is 23.2 Å². The van der Waals surface area contributed by atoms with Crippen LogP contribution in [0.4, 0.5) is 0 Å². The fourth-order valence-electron chi connectivity index (χ4n) is 2.17. The van der Waals surface area contributed by atoms with Crippen LogP contribution < -0.4 is 0 Å². The number of aliphatic hydroxyl groups excluding tert-OH is 1. The molecule has 0 spiro atoms. The second-order valence-electron chi connectivity index (χ2n) is 5.32. The van der Waals surface area contributed by atoms with Crippen molar-refractivity contribution in [3.63, 3.8) is 0 Å². The lowest BCUT2D eigenvalue weighted by atomic mass is 10.2. The predicted molar refractivity (Wildman–Crippen MR) is 85.9 cm³/mol. The Bertz CT molecular complexity index is 617. The third-order valence-corrected chi connectivity index (χ3v) is 3.96. The summed E-state index contributed by atoms with van der Waals surface area (Å²) in [7, 11) is 0. The molecule has 22 heavy (non-hydrogen) atoms. The summed E-state index contributed by atoms with van der Waals surface area (Å²) in [4.78, 5) is 2.06. The highest BCUT2D eigenvalue weighted by atomic mass is 35.5. The van der Waals surface area contributed by atoms with E-state index in [-0.39, 0.29) is 12.6 Å². The number of benzene rings is 1. The molecule has 2 rings (SSSR count). The van der Waals surface area contributed by atoms with Crippen LogP contribution in [0.25, 0.3) is 0 Å². The molecule has 1 heterocycles. The summed E-state index contributed by atoms with van der Waals surface area (Å²) in [5.74, 6) is 0.767. The summed E-state index contributed by atoms with van der Waals surface area (Å²) in [5, 5.41) is 22.1. The van der Waals surface area contributed by atoms with Gasteiger partial charge in [0.05, 0.1) is 29.2 Å². The van der Waals surface area contributed by atoms with Crippen molar-refractivity contribution < 1.29 is 5.11 Å². The molecule has 0 aliphatic rings. The van der Waals surface area contributed by atoms with Gasteiger partial charge < -0.3 is 5.11 Å². The van der Waals surface area contributed by atoms with Gasteiger partial charge in [0.25, 0.3) is 0 Å². The van der Waals surface area contributed by atoms with E-state index in [1.807, 2.05) is 26.0 Å². The molecular formula is C14H19Cl2N5O.